The van der Waals surface area contributed by atoms with Crippen molar-refractivity contribution in [3.8, 4) is 0 Å². The summed E-state index contributed by atoms with van der Waals surface area (Å²) in [7, 11) is 1.77. The van der Waals surface area contributed by atoms with Gasteiger partial charge in [0.15, 0.2) is 11.0 Å². The van der Waals surface area contributed by atoms with Crippen LogP contribution in [0, 0.1) is 11.8 Å². The van der Waals surface area contributed by atoms with Crippen molar-refractivity contribution in [2.75, 3.05) is 56.5 Å². The van der Waals surface area contributed by atoms with Crippen molar-refractivity contribution in [1.29, 1.82) is 0 Å². The van der Waals surface area contributed by atoms with E-state index in [0.717, 1.165) is 45.1 Å². The second-order valence-corrected chi connectivity index (χ2v) is 11.2. The summed E-state index contributed by atoms with van der Waals surface area (Å²) >= 11 is 12.5. The molecule has 2 N–H and O–H groups in total. The van der Waals surface area contributed by atoms with Gasteiger partial charge in [0.2, 0.25) is 5.95 Å². The van der Waals surface area contributed by atoms with Crippen LogP contribution in [0.3, 0.4) is 0 Å². The molecule has 2 aliphatic rings. The fourth-order valence-corrected chi connectivity index (χ4v) is 5.15. The molecule has 0 aromatic carbocycles. The highest BCUT2D eigenvalue weighted by molar-refractivity contribution is 6.42. The normalized spacial score (nSPS) is 21.9. The minimum atomic E-state index is -0.443. The number of carbonyl (C=O) groups is 1. The molecule has 34 heavy (non-hydrogen) atoms. The van der Waals surface area contributed by atoms with Crippen LogP contribution in [-0.2, 0) is 4.74 Å². The summed E-state index contributed by atoms with van der Waals surface area (Å²) in [5.41, 5.74) is -0.443. The second kappa shape index (κ2) is 12.5. The van der Waals surface area contributed by atoms with Crippen molar-refractivity contribution in [1.82, 2.24) is 20.2 Å². The lowest BCUT2D eigenvalue weighted by Crippen LogP contribution is -2.47. The lowest BCUT2D eigenvalue weighted by molar-refractivity contribution is 0.0523. The molecule has 0 radical (unpaired) electrons. The largest absolute Gasteiger partial charge is 0.444 e. The van der Waals surface area contributed by atoms with Crippen LogP contribution >= 0.6 is 23.2 Å². The van der Waals surface area contributed by atoms with Gasteiger partial charge in [-0.25, -0.2) is 4.79 Å². The predicted octanol–water partition coefficient (Wildman–Crippen LogP) is 5.06. The number of rotatable bonds is 8. The number of halogens is 2. The number of nitrogens with zero attached hydrogens (tertiary/aromatic N) is 4. The second-order valence-electron chi connectivity index (χ2n) is 10.4. The molecule has 10 heteroatoms. The molecule has 2 fully saturated rings. The van der Waals surface area contributed by atoms with E-state index in [1.807, 2.05) is 20.8 Å². The van der Waals surface area contributed by atoms with Crippen molar-refractivity contribution in [2.24, 2.45) is 11.8 Å². The number of nitrogens with one attached hydrogen (secondary N) is 2. The first-order chi connectivity index (χ1) is 16.1. The number of piperazine rings is 1. The zero-order chi connectivity index (χ0) is 24.7. The van der Waals surface area contributed by atoms with E-state index in [2.05, 4.69) is 30.4 Å². The third-order valence-electron chi connectivity index (χ3n) is 6.73. The summed E-state index contributed by atoms with van der Waals surface area (Å²) < 4.78 is 5.31. The van der Waals surface area contributed by atoms with Crippen molar-refractivity contribution in [3.05, 3.63) is 10.2 Å². The van der Waals surface area contributed by atoms with Gasteiger partial charge in [-0.05, 0) is 52.0 Å². The number of hydrogen-bond acceptors (Lipinski definition) is 7. The molecule has 0 atom stereocenters. The van der Waals surface area contributed by atoms with Crippen LogP contribution < -0.4 is 15.5 Å². The smallest absolute Gasteiger partial charge is 0.407 e. The van der Waals surface area contributed by atoms with E-state index in [9.17, 15) is 4.79 Å². The predicted molar refractivity (Wildman–Crippen MR) is 139 cm³/mol. The summed E-state index contributed by atoms with van der Waals surface area (Å²) in [5, 5.41) is 6.55. The molecule has 1 aliphatic heterocycles. The summed E-state index contributed by atoms with van der Waals surface area (Å²) in [4.78, 5) is 25.2. The summed E-state index contributed by atoms with van der Waals surface area (Å²) in [6.45, 7) is 11.3. The molecule has 1 aromatic heterocycles. The van der Waals surface area contributed by atoms with Gasteiger partial charge in [-0.2, -0.15) is 9.97 Å². The van der Waals surface area contributed by atoms with Crippen LogP contribution in [0.4, 0.5) is 16.6 Å². The first-order valence-corrected chi connectivity index (χ1v) is 13.2. The number of alkyl carbamates (subject to hydrolysis) is 1. The SMILES string of the molecule is CNc1nc(Cl)c(Cl)c(N2CCN(CCC3CCC(CCNC(=O)OC(C)(C)C)CC3)CC2)n1. The highest BCUT2D eigenvalue weighted by atomic mass is 35.5. The zero-order valence-corrected chi connectivity index (χ0v) is 22.5. The molecular formula is C24H40Cl2N6O2. The van der Waals surface area contributed by atoms with Crippen LogP contribution in [0.5, 0.6) is 0 Å². The molecule has 1 aromatic rings. The molecule has 8 nitrogen and oxygen atoms in total. The Hall–Kier alpha value is -1.51. The number of anilines is 2. The summed E-state index contributed by atoms with van der Waals surface area (Å²) in [6.07, 6.45) is 7.09. The third kappa shape index (κ3) is 8.31. The van der Waals surface area contributed by atoms with Crippen LogP contribution in [-0.4, -0.2) is 72.9 Å². The fourth-order valence-electron chi connectivity index (χ4n) is 4.78. The summed E-state index contributed by atoms with van der Waals surface area (Å²) in [5.74, 6) is 2.72. The van der Waals surface area contributed by atoms with Gasteiger partial charge < -0.3 is 20.3 Å². The van der Waals surface area contributed by atoms with Crippen molar-refractivity contribution >= 4 is 41.1 Å². The van der Waals surface area contributed by atoms with Gasteiger partial charge in [0, 0.05) is 39.8 Å². The standard InChI is InChI=1S/C24H40Cl2N6O2/c1-24(2,3)34-23(33)28-11-9-17-5-7-18(8-6-17)10-12-31-13-15-32(16-14-31)21-19(25)20(26)29-22(27-4)30-21/h17-18H,5-16H2,1-4H3,(H,28,33)(H,27,29,30). The average Bonchev–Trinajstić information content (AvgIpc) is 2.79. The number of aromatic nitrogens is 2. The molecular weight excluding hydrogens is 475 g/mol. The van der Waals surface area contributed by atoms with Gasteiger partial charge >= 0.3 is 6.09 Å². The maximum Gasteiger partial charge on any atom is 0.407 e. The number of carbonyl (C=O) groups excluding carboxylic acids is 1. The average molecular weight is 516 g/mol. The lowest BCUT2D eigenvalue weighted by atomic mass is 9.79. The van der Waals surface area contributed by atoms with Gasteiger partial charge in [-0.15, -0.1) is 0 Å². The Morgan fingerprint density at radius 2 is 1.65 bits per heavy atom. The van der Waals surface area contributed by atoms with Gasteiger partial charge in [-0.3, -0.25) is 4.90 Å². The number of ether oxygens (including phenoxy) is 1. The third-order valence-corrected chi connectivity index (χ3v) is 7.45. The Labute approximate surface area is 214 Å². The van der Waals surface area contributed by atoms with Crippen LogP contribution in [0.1, 0.15) is 59.3 Å². The van der Waals surface area contributed by atoms with E-state index >= 15 is 0 Å². The molecule has 1 saturated carbocycles. The van der Waals surface area contributed by atoms with Crippen molar-refractivity contribution in [2.45, 2.75) is 64.9 Å². The summed E-state index contributed by atoms with van der Waals surface area (Å²) in [6, 6.07) is 0. The molecule has 0 unspecified atom stereocenters. The number of hydrogen-bond donors (Lipinski definition) is 2. The van der Waals surface area contributed by atoms with E-state index < -0.39 is 5.60 Å². The van der Waals surface area contributed by atoms with Gasteiger partial charge in [-0.1, -0.05) is 48.9 Å². The van der Waals surface area contributed by atoms with Crippen LogP contribution in [0.25, 0.3) is 0 Å². The number of amides is 1. The Morgan fingerprint density at radius 3 is 2.24 bits per heavy atom. The molecule has 1 saturated heterocycles. The lowest BCUT2D eigenvalue weighted by Gasteiger charge is -2.37. The molecule has 0 bridgehead atoms. The van der Waals surface area contributed by atoms with Gasteiger partial charge in [0.25, 0.3) is 0 Å². The molecule has 0 spiro atoms. The quantitative estimate of drug-likeness (QED) is 0.469. The molecule has 3 rings (SSSR count). The Kier molecular flexibility index (Phi) is 9.92. The highest BCUT2D eigenvalue weighted by Crippen LogP contribution is 2.33. The Morgan fingerprint density at radius 1 is 1.03 bits per heavy atom. The minimum Gasteiger partial charge on any atom is -0.444 e. The first-order valence-electron chi connectivity index (χ1n) is 12.5. The van der Waals surface area contributed by atoms with E-state index in [1.54, 1.807) is 7.05 Å². The van der Waals surface area contributed by atoms with E-state index in [4.69, 9.17) is 27.9 Å². The van der Waals surface area contributed by atoms with Crippen LogP contribution in [0.15, 0.2) is 0 Å². The zero-order valence-electron chi connectivity index (χ0n) is 21.0. The van der Waals surface area contributed by atoms with Crippen molar-refractivity contribution in [3.63, 3.8) is 0 Å². The fraction of sp³-hybridized carbons (Fsp3) is 0.792. The van der Waals surface area contributed by atoms with Gasteiger partial charge in [0.05, 0.1) is 0 Å². The topological polar surface area (TPSA) is 82.6 Å². The Bertz CT molecular complexity index is 803. The Balaban J connectivity index is 1.32. The first kappa shape index (κ1) is 27.1. The van der Waals surface area contributed by atoms with E-state index in [1.165, 1.54) is 32.1 Å². The highest BCUT2D eigenvalue weighted by Gasteiger charge is 2.25. The molecule has 192 valence electrons. The van der Waals surface area contributed by atoms with Crippen molar-refractivity contribution < 1.29 is 9.53 Å². The maximum atomic E-state index is 11.8. The van der Waals surface area contributed by atoms with Crippen LogP contribution in [0.2, 0.25) is 10.2 Å². The molecule has 1 amide bonds. The van der Waals surface area contributed by atoms with E-state index in [0.29, 0.717) is 29.3 Å². The maximum absolute atomic E-state index is 11.8. The molecule has 2 heterocycles. The molecule has 1 aliphatic carbocycles. The minimum absolute atomic E-state index is 0.287. The van der Waals surface area contributed by atoms with Gasteiger partial charge in [0.1, 0.15) is 10.6 Å². The monoisotopic (exact) mass is 514 g/mol. The van der Waals surface area contributed by atoms with E-state index in [-0.39, 0.29) is 11.2 Å².